The third kappa shape index (κ3) is 2.89. The Bertz CT molecular complexity index is 446. The van der Waals surface area contributed by atoms with Crippen molar-refractivity contribution in [2.24, 2.45) is 0 Å². The SMILES string of the molecule is COc1c(O)cnc(OC(F)(F)F)c1C(=O)O. The van der Waals surface area contributed by atoms with Crippen LogP contribution in [0.3, 0.4) is 0 Å². The van der Waals surface area contributed by atoms with Gasteiger partial charge >= 0.3 is 12.3 Å². The number of alkyl halides is 3. The molecule has 0 aliphatic rings. The minimum atomic E-state index is -5.10. The Balaban J connectivity index is 3.36. The van der Waals surface area contributed by atoms with Gasteiger partial charge in [-0.25, -0.2) is 9.78 Å². The number of rotatable bonds is 3. The summed E-state index contributed by atoms with van der Waals surface area (Å²) in [5.74, 6) is -4.35. The lowest BCUT2D eigenvalue weighted by Gasteiger charge is -2.13. The maximum atomic E-state index is 12.0. The average Bonchev–Trinajstić information content (AvgIpc) is 2.17. The minimum Gasteiger partial charge on any atom is -0.503 e. The minimum absolute atomic E-state index is 0.590. The van der Waals surface area contributed by atoms with Gasteiger partial charge < -0.3 is 19.7 Å². The van der Waals surface area contributed by atoms with Gasteiger partial charge in [-0.05, 0) is 0 Å². The molecule has 1 heterocycles. The summed E-state index contributed by atoms with van der Waals surface area (Å²) in [7, 11) is 0.985. The molecule has 6 nitrogen and oxygen atoms in total. The van der Waals surface area contributed by atoms with Gasteiger partial charge in [-0.1, -0.05) is 0 Å². The third-order valence-corrected chi connectivity index (χ3v) is 1.61. The van der Waals surface area contributed by atoms with Crippen LogP contribution in [0.25, 0.3) is 0 Å². The quantitative estimate of drug-likeness (QED) is 0.846. The van der Waals surface area contributed by atoms with Gasteiger partial charge in [-0.15, -0.1) is 13.2 Å². The van der Waals surface area contributed by atoms with E-state index in [-0.39, 0.29) is 0 Å². The second kappa shape index (κ2) is 4.36. The molecule has 9 heteroatoms. The molecule has 0 aromatic carbocycles. The van der Waals surface area contributed by atoms with E-state index >= 15 is 0 Å². The van der Waals surface area contributed by atoms with E-state index in [2.05, 4.69) is 14.5 Å². The first-order chi connectivity index (χ1) is 7.76. The molecule has 0 fully saturated rings. The maximum absolute atomic E-state index is 12.0. The Morgan fingerprint density at radius 1 is 1.47 bits per heavy atom. The molecule has 0 amide bonds. The highest BCUT2D eigenvalue weighted by molar-refractivity contribution is 5.94. The number of pyridine rings is 1. The predicted molar refractivity (Wildman–Crippen MR) is 46.1 cm³/mol. The van der Waals surface area contributed by atoms with Gasteiger partial charge in [0.15, 0.2) is 17.1 Å². The van der Waals surface area contributed by atoms with Crippen LogP contribution in [-0.4, -0.2) is 34.6 Å². The van der Waals surface area contributed by atoms with Crippen molar-refractivity contribution in [2.75, 3.05) is 7.11 Å². The summed E-state index contributed by atoms with van der Waals surface area (Å²) < 4.78 is 43.8. The Kier molecular flexibility index (Phi) is 3.30. The van der Waals surface area contributed by atoms with E-state index < -0.39 is 35.3 Å². The molecule has 1 aromatic rings. The summed E-state index contributed by atoms with van der Waals surface area (Å²) in [6, 6.07) is 0. The molecule has 0 aliphatic heterocycles. The van der Waals surface area contributed by atoms with Crippen LogP contribution in [0.4, 0.5) is 13.2 Å². The fourth-order valence-corrected chi connectivity index (χ4v) is 1.05. The van der Waals surface area contributed by atoms with E-state index in [4.69, 9.17) is 5.11 Å². The largest absolute Gasteiger partial charge is 0.574 e. The smallest absolute Gasteiger partial charge is 0.503 e. The zero-order valence-electron chi connectivity index (χ0n) is 8.28. The van der Waals surface area contributed by atoms with Crippen LogP contribution >= 0.6 is 0 Å². The lowest BCUT2D eigenvalue weighted by atomic mass is 10.2. The summed E-state index contributed by atoms with van der Waals surface area (Å²) in [4.78, 5) is 13.8. The topological polar surface area (TPSA) is 88.9 Å². The number of halogens is 3. The van der Waals surface area contributed by atoms with Crippen LogP contribution in [0, 0.1) is 0 Å². The molecule has 0 bridgehead atoms. The molecule has 0 atom stereocenters. The Hall–Kier alpha value is -2.19. The predicted octanol–water partition coefficient (Wildman–Crippen LogP) is 1.39. The molecule has 1 aromatic heterocycles. The van der Waals surface area contributed by atoms with Gasteiger partial charge in [0.05, 0.1) is 13.3 Å². The van der Waals surface area contributed by atoms with E-state index in [0.29, 0.717) is 6.20 Å². The van der Waals surface area contributed by atoms with Gasteiger partial charge in [0.25, 0.3) is 0 Å². The molecule has 0 spiro atoms. The molecule has 0 aliphatic carbocycles. The first-order valence-electron chi connectivity index (χ1n) is 4.01. The number of aromatic carboxylic acids is 1. The summed E-state index contributed by atoms with van der Waals surface area (Å²) in [6.07, 6.45) is -4.51. The second-order valence-corrected chi connectivity index (χ2v) is 2.71. The third-order valence-electron chi connectivity index (χ3n) is 1.61. The number of nitrogens with zero attached hydrogens (tertiary/aromatic N) is 1. The molecular formula is C8H6F3NO5. The van der Waals surface area contributed by atoms with Gasteiger partial charge in [0, 0.05) is 0 Å². The van der Waals surface area contributed by atoms with E-state index in [0.717, 1.165) is 7.11 Å². The van der Waals surface area contributed by atoms with Crippen molar-refractivity contribution in [2.45, 2.75) is 6.36 Å². The summed E-state index contributed by atoms with van der Waals surface area (Å²) >= 11 is 0. The van der Waals surface area contributed by atoms with Crippen molar-refractivity contribution in [1.29, 1.82) is 0 Å². The Morgan fingerprint density at radius 2 is 2.06 bits per heavy atom. The zero-order valence-corrected chi connectivity index (χ0v) is 8.28. The van der Waals surface area contributed by atoms with Crippen molar-refractivity contribution in [3.63, 3.8) is 0 Å². The van der Waals surface area contributed by atoms with Crippen molar-refractivity contribution in [3.05, 3.63) is 11.8 Å². The van der Waals surface area contributed by atoms with E-state index in [1.807, 2.05) is 0 Å². The Morgan fingerprint density at radius 3 is 2.47 bits per heavy atom. The van der Waals surface area contributed by atoms with Crippen LogP contribution in [0.1, 0.15) is 10.4 Å². The normalized spacial score (nSPS) is 11.1. The number of aromatic hydroxyl groups is 1. The van der Waals surface area contributed by atoms with E-state index in [1.54, 1.807) is 0 Å². The van der Waals surface area contributed by atoms with E-state index in [1.165, 1.54) is 0 Å². The van der Waals surface area contributed by atoms with Crippen LogP contribution in [0.5, 0.6) is 17.4 Å². The molecule has 0 unspecified atom stereocenters. The van der Waals surface area contributed by atoms with Crippen molar-refractivity contribution >= 4 is 5.97 Å². The molecule has 1 rings (SSSR count). The molecule has 0 saturated heterocycles. The summed E-state index contributed by atoms with van der Waals surface area (Å²) in [5, 5.41) is 17.9. The number of hydrogen-bond acceptors (Lipinski definition) is 5. The Labute approximate surface area is 92.2 Å². The van der Waals surface area contributed by atoms with Crippen LogP contribution in [-0.2, 0) is 0 Å². The zero-order chi connectivity index (χ0) is 13.2. The lowest BCUT2D eigenvalue weighted by molar-refractivity contribution is -0.276. The van der Waals surface area contributed by atoms with Gasteiger partial charge in [-0.2, -0.15) is 0 Å². The molecule has 2 N–H and O–H groups in total. The van der Waals surface area contributed by atoms with Crippen LogP contribution in [0.15, 0.2) is 6.20 Å². The highest BCUT2D eigenvalue weighted by atomic mass is 19.4. The highest BCUT2D eigenvalue weighted by Gasteiger charge is 2.35. The van der Waals surface area contributed by atoms with Gasteiger partial charge in [-0.3, -0.25) is 0 Å². The molecule has 17 heavy (non-hydrogen) atoms. The molecule has 94 valence electrons. The number of carbonyl (C=O) groups is 1. The fourth-order valence-electron chi connectivity index (χ4n) is 1.05. The number of carboxylic acids is 1. The number of methoxy groups -OCH3 is 1. The van der Waals surface area contributed by atoms with Crippen LogP contribution in [0.2, 0.25) is 0 Å². The standard InChI is InChI=1S/C8H6F3NO5/c1-16-5-3(13)2-12-6(4(5)7(14)15)17-8(9,10)11/h2,13H,1H3,(H,14,15). The monoisotopic (exact) mass is 253 g/mol. The fraction of sp³-hybridized carbons (Fsp3) is 0.250. The van der Waals surface area contributed by atoms with E-state index in [9.17, 15) is 23.1 Å². The molecule has 0 radical (unpaired) electrons. The number of ether oxygens (including phenoxy) is 2. The number of aromatic nitrogens is 1. The van der Waals surface area contributed by atoms with Gasteiger partial charge in [0.1, 0.15) is 0 Å². The highest BCUT2D eigenvalue weighted by Crippen LogP contribution is 2.36. The molecular weight excluding hydrogens is 247 g/mol. The lowest BCUT2D eigenvalue weighted by Crippen LogP contribution is -2.20. The average molecular weight is 253 g/mol. The van der Waals surface area contributed by atoms with Gasteiger partial charge in [0.2, 0.25) is 5.88 Å². The summed E-state index contributed by atoms with van der Waals surface area (Å²) in [5.41, 5.74) is -1.01. The van der Waals surface area contributed by atoms with Crippen molar-refractivity contribution in [1.82, 2.24) is 4.98 Å². The first kappa shape index (κ1) is 12.9. The van der Waals surface area contributed by atoms with Crippen LogP contribution < -0.4 is 9.47 Å². The number of hydrogen-bond donors (Lipinski definition) is 2. The van der Waals surface area contributed by atoms with Crippen molar-refractivity contribution in [3.8, 4) is 17.4 Å². The number of carboxylic acid groups (broad SMARTS) is 1. The second-order valence-electron chi connectivity index (χ2n) is 2.71. The maximum Gasteiger partial charge on any atom is 0.574 e. The molecule has 0 saturated carbocycles. The first-order valence-corrected chi connectivity index (χ1v) is 4.01. The van der Waals surface area contributed by atoms with Crippen molar-refractivity contribution < 1.29 is 37.7 Å². The summed E-state index contributed by atoms with van der Waals surface area (Å²) in [6.45, 7) is 0.